The van der Waals surface area contributed by atoms with Gasteiger partial charge in [0.2, 0.25) is 0 Å². The van der Waals surface area contributed by atoms with Crippen molar-refractivity contribution in [2.75, 3.05) is 7.05 Å². The van der Waals surface area contributed by atoms with Crippen LogP contribution in [0.15, 0.2) is 22.7 Å². The molecule has 1 aliphatic carbocycles. The minimum absolute atomic E-state index is 0.0997. The predicted molar refractivity (Wildman–Crippen MR) is 77.1 cm³/mol. The van der Waals surface area contributed by atoms with Crippen LogP contribution in [-0.4, -0.2) is 7.05 Å². The van der Waals surface area contributed by atoms with Crippen LogP contribution in [0.25, 0.3) is 0 Å². The molecule has 1 saturated carbocycles. The maximum atomic E-state index is 14.1. The number of hydrogen-bond donors (Lipinski definition) is 1. The summed E-state index contributed by atoms with van der Waals surface area (Å²) >= 11 is 3.45. The molecular weight excluding hydrogens is 293 g/mol. The molecule has 100 valence electrons. The van der Waals surface area contributed by atoms with Gasteiger partial charge in [0.15, 0.2) is 0 Å². The molecule has 0 spiro atoms. The summed E-state index contributed by atoms with van der Waals surface area (Å²) in [5.41, 5.74) is 1.02. The minimum Gasteiger partial charge on any atom is -0.312 e. The first kappa shape index (κ1) is 14.0. The van der Waals surface area contributed by atoms with E-state index in [9.17, 15) is 4.39 Å². The third-order valence-electron chi connectivity index (χ3n) is 4.47. The van der Waals surface area contributed by atoms with E-state index in [2.05, 4.69) is 28.2 Å². The molecule has 0 heterocycles. The molecule has 1 nitrogen and oxygen atoms in total. The molecule has 2 rings (SSSR count). The highest BCUT2D eigenvalue weighted by Crippen LogP contribution is 2.50. The molecular formula is C15H21BrFN. The first-order valence-electron chi connectivity index (χ1n) is 6.75. The molecule has 1 aliphatic rings. The van der Waals surface area contributed by atoms with Crippen molar-refractivity contribution in [1.29, 1.82) is 0 Å². The van der Waals surface area contributed by atoms with Crippen LogP contribution >= 0.6 is 15.9 Å². The highest BCUT2D eigenvalue weighted by atomic mass is 79.9. The summed E-state index contributed by atoms with van der Waals surface area (Å²) in [7, 11) is 1.95. The molecule has 1 aromatic carbocycles. The summed E-state index contributed by atoms with van der Waals surface area (Å²) in [6.45, 7) is 2.23. The molecule has 0 bridgehead atoms. The van der Waals surface area contributed by atoms with Crippen LogP contribution < -0.4 is 5.32 Å². The molecule has 1 unspecified atom stereocenters. The monoisotopic (exact) mass is 313 g/mol. The van der Waals surface area contributed by atoms with Gasteiger partial charge in [0.05, 0.1) is 0 Å². The lowest BCUT2D eigenvalue weighted by Crippen LogP contribution is -2.34. The average Bonchev–Trinajstić information content (AvgIpc) is 2.84. The van der Waals surface area contributed by atoms with Gasteiger partial charge in [-0.2, -0.15) is 0 Å². The lowest BCUT2D eigenvalue weighted by Gasteiger charge is -2.37. The Morgan fingerprint density at radius 3 is 2.61 bits per heavy atom. The zero-order valence-corrected chi connectivity index (χ0v) is 12.7. The first-order valence-corrected chi connectivity index (χ1v) is 7.54. The average molecular weight is 314 g/mol. The van der Waals surface area contributed by atoms with Crippen molar-refractivity contribution in [3.8, 4) is 0 Å². The van der Waals surface area contributed by atoms with E-state index in [1.807, 2.05) is 13.1 Å². The fraction of sp³-hybridized carbons (Fsp3) is 0.600. The summed E-state index contributed by atoms with van der Waals surface area (Å²) in [6.07, 6.45) is 6.02. The number of rotatable bonds is 4. The summed E-state index contributed by atoms with van der Waals surface area (Å²) in [5, 5.41) is 3.36. The molecule has 1 fully saturated rings. The van der Waals surface area contributed by atoms with Crippen LogP contribution in [0.5, 0.6) is 0 Å². The van der Waals surface area contributed by atoms with Gasteiger partial charge in [0, 0.05) is 16.1 Å². The Labute approximate surface area is 117 Å². The van der Waals surface area contributed by atoms with Crippen molar-refractivity contribution in [2.24, 2.45) is 5.41 Å². The van der Waals surface area contributed by atoms with Crippen LogP contribution in [0, 0.1) is 11.2 Å². The zero-order valence-electron chi connectivity index (χ0n) is 11.1. The molecule has 0 saturated heterocycles. The summed E-state index contributed by atoms with van der Waals surface area (Å²) < 4.78 is 15.1. The second-order valence-electron chi connectivity index (χ2n) is 5.31. The van der Waals surface area contributed by atoms with Crippen molar-refractivity contribution in [2.45, 2.75) is 45.1 Å². The number of halogens is 2. The van der Waals surface area contributed by atoms with Gasteiger partial charge < -0.3 is 5.32 Å². The van der Waals surface area contributed by atoms with Crippen LogP contribution in [-0.2, 0) is 0 Å². The summed E-state index contributed by atoms with van der Waals surface area (Å²) in [6, 6.07) is 5.36. The Hall–Kier alpha value is -0.410. The van der Waals surface area contributed by atoms with Crippen LogP contribution in [0.4, 0.5) is 4.39 Å². The van der Waals surface area contributed by atoms with Gasteiger partial charge in [-0.1, -0.05) is 35.7 Å². The van der Waals surface area contributed by atoms with E-state index in [4.69, 9.17) is 0 Å². The van der Waals surface area contributed by atoms with Crippen molar-refractivity contribution in [1.82, 2.24) is 5.32 Å². The van der Waals surface area contributed by atoms with Crippen LogP contribution in [0.1, 0.15) is 50.6 Å². The van der Waals surface area contributed by atoms with Crippen molar-refractivity contribution in [3.63, 3.8) is 0 Å². The van der Waals surface area contributed by atoms with E-state index >= 15 is 0 Å². The molecule has 0 amide bonds. The fourth-order valence-electron chi connectivity index (χ4n) is 3.45. The Morgan fingerprint density at radius 1 is 1.39 bits per heavy atom. The quantitative estimate of drug-likeness (QED) is 0.840. The second kappa shape index (κ2) is 5.70. The molecule has 3 heteroatoms. The number of benzene rings is 1. The molecule has 1 atom stereocenters. The number of hydrogen-bond acceptors (Lipinski definition) is 1. The fourth-order valence-corrected chi connectivity index (χ4v) is 3.83. The van der Waals surface area contributed by atoms with Gasteiger partial charge >= 0.3 is 0 Å². The molecule has 0 radical (unpaired) electrons. The summed E-state index contributed by atoms with van der Waals surface area (Å²) in [5.74, 6) is -0.0997. The maximum Gasteiger partial charge on any atom is 0.128 e. The Morgan fingerprint density at radius 2 is 2.06 bits per heavy atom. The normalized spacial score (nSPS) is 20.0. The van der Waals surface area contributed by atoms with E-state index in [0.717, 1.165) is 16.5 Å². The van der Waals surface area contributed by atoms with Crippen molar-refractivity contribution in [3.05, 3.63) is 34.1 Å². The third kappa shape index (κ3) is 2.48. The Bertz CT molecular complexity index is 413. The summed E-state index contributed by atoms with van der Waals surface area (Å²) in [4.78, 5) is 0. The van der Waals surface area contributed by atoms with Gasteiger partial charge in [-0.25, -0.2) is 4.39 Å². The highest BCUT2D eigenvalue weighted by Gasteiger charge is 2.40. The highest BCUT2D eigenvalue weighted by molar-refractivity contribution is 9.10. The van der Waals surface area contributed by atoms with Gasteiger partial charge in [-0.05, 0) is 49.9 Å². The third-order valence-corrected chi connectivity index (χ3v) is 4.97. The molecule has 0 aliphatic heterocycles. The molecule has 1 N–H and O–H groups in total. The van der Waals surface area contributed by atoms with Crippen molar-refractivity contribution < 1.29 is 4.39 Å². The van der Waals surface area contributed by atoms with Gasteiger partial charge in [-0.3, -0.25) is 0 Å². The van der Waals surface area contributed by atoms with Crippen molar-refractivity contribution >= 4 is 15.9 Å². The molecule has 0 aromatic heterocycles. The van der Waals surface area contributed by atoms with E-state index in [0.29, 0.717) is 0 Å². The Kier molecular flexibility index (Phi) is 4.44. The molecule has 18 heavy (non-hydrogen) atoms. The second-order valence-corrected chi connectivity index (χ2v) is 6.23. The lowest BCUT2D eigenvalue weighted by atomic mass is 9.73. The first-order chi connectivity index (χ1) is 8.63. The van der Waals surface area contributed by atoms with E-state index in [1.165, 1.54) is 25.7 Å². The van der Waals surface area contributed by atoms with E-state index in [1.54, 1.807) is 12.1 Å². The van der Waals surface area contributed by atoms with Gasteiger partial charge in [-0.15, -0.1) is 0 Å². The van der Waals surface area contributed by atoms with Gasteiger partial charge in [0.25, 0.3) is 0 Å². The van der Waals surface area contributed by atoms with Crippen LogP contribution in [0.3, 0.4) is 0 Å². The topological polar surface area (TPSA) is 12.0 Å². The van der Waals surface area contributed by atoms with E-state index in [-0.39, 0.29) is 17.3 Å². The van der Waals surface area contributed by atoms with Crippen LogP contribution in [0.2, 0.25) is 0 Å². The predicted octanol–water partition coefficient (Wildman–Crippen LogP) is 4.82. The van der Waals surface area contributed by atoms with E-state index < -0.39 is 0 Å². The number of nitrogens with one attached hydrogen (secondary N) is 1. The standard InChI is InChI=1S/C15H21BrFN/c1-3-15(8-4-5-9-15)14(18-2)12-10-11(16)6-7-13(12)17/h6-7,10,14,18H,3-5,8-9H2,1-2H3. The largest absolute Gasteiger partial charge is 0.312 e. The SMILES string of the molecule is CCC1(C(NC)c2cc(Br)ccc2F)CCCC1. The lowest BCUT2D eigenvalue weighted by molar-refractivity contribution is 0.191. The molecule has 1 aromatic rings. The zero-order chi connectivity index (χ0) is 13.2. The maximum absolute atomic E-state index is 14.1. The Balaban J connectivity index is 2.40. The smallest absolute Gasteiger partial charge is 0.128 e. The van der Waals surface area contributed by atoms with Gasteiger partial charge in [0.1, 0.15) is 5.82 Å². The minimum atomic E-state index is -0.0997.